The van der Waals surface area contributed by atoms with Crippen LogP contribution in [-0.2, 0) is 4.74 Å². The number of hydrogen-bond acceptors (Lipinski definition) is 4. The lowest BCUT2D eigenvalue weighted by Crippen LogP contribution is -2.35. The summed E-state index contributed by atoms with van der Waals surface area (Å²) in [6, 6.07) is 3.55. The van der Waals surface area contributed by atoms with Gasteiger partial charge in [0, 0.05) is 13.7 Å². The fourth-order valence-electron chi connectivity index (χ4n) is 1.97. The van der Waals surface area contributed by atoms with Crippen LogP contribution >= 0.6 is 22.9 Å². The summed E-state index contributed by atoms with van der Waals surface area (Å²) in [6.07, 6.45) is 2.20. The highest BCUT2D eigenvalue weighted by molar-refractivity contribution is 7.18. The topological polar surface area (TPSA) is 29.5 Å². The van der Waals surface area contributed by atoms with Gasteiger partial charge in [0.1, 0.15) is 6.23 Å². The van der Waals surface area contributed by atoms with Gasteiger partial charge in [-0.25, -0.2) is 0 Å². The molecule has 1 aliphatic heterocycles. The smallest absolute Gasteiger partial charge is 0.186 e. The largest absolute Gasteiger partial charge is 0.366 e. The maximum Gasteiger partial charge on any atom is 0.186 e. The van der Waals surface area contributed by atoms with E-state index >= 15 is 0 Å². The molecule has 3 nitrogen and oxygen atoms in total. The van der Waals surface area contributed by atoms with E-state index in [0.717, 1.165) is 24.3 Å². The maximum atomic E-state index is 11.9. The second-order valence-electron chi connectivity index (χ2n) is 3.83. The number of nitrogens with zero attached hydrogens (tertiary/aromatic N) is 1. The van der Waals surface area contributed by atoms with Gasteiger partial charge < -0.3 is 4.74 Å². The number of carbonyl (C=O) groups excluding carboxylic acids is 1. The Labute approximate surface area is 104 Å². The molecule has 0 N–H and O–H groups in total. The predicted molar refractivity (Wildman–Crippen MR) is 65.3 cm³/mol. The molecule has 1 saturated heterocycles. The number of likely N-dealkylation sites (tertiary alicyclic amines) is 1. The first-order chi connectivity index (χ1) is 7.70. The van der Waals surface area contributed by atoms with Crippen molar-refractivity contribution in [1.82, 2.24) is 4.90 Å². The first-order valence-electron chi connectivity index (χ1n) is 5.26. The number of ether oxygens (including phenoxy) is 1. The van der Waals surface area contributed by atoms with Gasteiger partial charge >= 0.3 is 0 Å². The van der Waals surface area contributed by atoms with E-state index in [2.05, 4.69) is 4.90 Å². The van der Waals surface area contributed by atoms with Crippen LogP contribution in [0.5, 0.6) is 0 Å². The number of rotatable bonds is 4. The molecule has 16 heavy (non-hydrogen) atoms. The van der Waals surface area contributed by atoms with E-state index in [-0.39, 0.29) is 12.0 Å². The second-order valence-corrected chi connectivity index (χ2v) is 5.55. The molecule has 2 rings (SSSR count). The van der Waals surface area contributed by atoms with Gasteiger partial charge in [0.25, 0.3) is 0 Å². The molecule has 0 saturated carbocycles. The Kier molecular flexibility index (Phi) is 3.97. The van der Waals surface area contributed by atoms with Gasteiger partial charge in [-0.15, -0.1) is 11.3 Å². The van der Waals surface area contributed by atoms with Crippen LogP contribution in [0.1, 0.15) is 22.5 Å². The van der Waals surface area contributed by atoms with Crippen LogP contribution in [0.3, 0.4) is 0 Å². The fraction of sp³-hybridized carbons (Fsp3) is 0.545. The minimum Gasteiger partial charge on any atom is -0.366 e. The minimum atomic E-state index is 0.0967. The molecule has 0 spiro atoms. The van der Waals surface area contributed by atoms with E-state index in [1.54, 1.807) is 19.2 Å². The van der Waals surface area contributed by atoms with Gasteiger partial charge in [0.15, 0.2) is 5.78 Å². The van der Waals surface area contributed by atoms with Crippen molar-refractivity contribution in [2.75, 3.05) is 20.2 Å². The van der Waals surface area contributed by atoms with Gasteiger partial charge in [-0.05, 0) is 25.0 Å². The van der Waals surface area contributed by atoms with Gasteiger partial charge in [-0.1, -0.05) is 11.6 Å². The van der Waals surface area contributed by atoms with E-state index < -0.39 is 0 Å². The summed E-state index contributed by atoms with van der Waals surface area (Å²) in [7, 11) is 1.69. The molecule has 0 amide bonds. The summed E-state index contributed by atoms with van der Waals surface area (Å²) in [4.78, 5) is 14.7. The molecule has 1 aromatic rings. The van der Waals surface area contributed by atoms with E-state index in [1.807, 2.05) is 0 Å². The third-order valence-electron chi connectivity index (χ3n) is 2.77. The lowest BCUT2D eigenvalue weighted by molar-refractivity contribution is -0.00112. The highest BCUT2D eigenvalue weighted by atomic mass is 35.5. The zero-order valence-electron chi connectivity index (χ0n) is 9.11. The van der Waals surface area contributed by atoms with Crippen molar-refractivity contribution in [2.45, 2.75) is 19.1 Å². The quantitative estimate of drug-likeness (QED) is 0.779. The first-order valence-corrected chi connectivity index (χ1v) is 6.45. The van der Waals surface area contributed by atoms with E-state index in [4.69, 9.17) is 16.3 Å². The summed E-state index contributed by atoms with van der Waals surface area (Å²) in [5.74, 6) is 0.126. The Morgan fingerprint density at radius 2 is 2.50 bits per heavy atom. The number of Topliss-reactive ketones (excluding diaryl/α,β-unsaturated/α-hetero) is 1. The molecule has 1 unspecified atom stereocenters. The van der Waals surface area contributed by atoms with Crippen molar-refractivity contribution in [3.05, 3.63) is 21.3 Å². The molecule has 88 valence electrons. The van der Waals surface area contributed by atoms with Crippen molar-refractivity contribution < 1.29 is 9.53 Å². The first kappa shape index (κ1) is 12.0. The molecule has 0 aliphatic carbocycles. The fourth-order valence-corrected chi connectivity index (χ4v) is 2.94. The lowest BCUT2D eigenvalue weighted by atomic mass is 10.3. The van der Waals surface area contributed by atoms with Crippen LogP contribution < -0.4 is 0 Å². The number of carbonyl (C=O) groups is 1. The normalized spacial score (nSPS) is 21.5. The van der Waals surface area contributed by atoms with Crippen molar-refractivity contribution in [1.29, 1.82) is 0 Å². The predicted octanol–water partition coefficient (Wildman–Crippen LogP) is 2.65. The Balaban J connectivity index is 1.97. The van der Waals surface area contributed by atoms with Crippen LogP contribution in [0.4, 0.5) is 0 Å². The zero-order chi connectivity index (χ0) is 11.5. The van der Waals surface area contributed by atoms with Crippen molar-refractivity contribution >= 4 is 28.7 Å². The summed E-state index contributed by atoms with van der Waals surface area (Å²) in [6.45, 7) is 1.36. The Morgan fingerprint density at radius 3 is 3.12 bits per heavy atom. The Morgan fingerprint density at radius 1 is 1.69 bits per heavy atom. The molecule has 1 aliphatic rings. The molecule has 1 aromatic heterocycles. The molecular weight excluding hydrogens is 246 g/mol. The van der Waals surface area contributed by atoms with Crippen molar-refractivity contribution in [2.24, 2.45) is 0 Å². The minimum absolute atomic E-state index is 0.0967. The molecule has 0 bridgehead atoms. The summed E-state index contributed by atoms with van der Waals surface area (Å²) < 4.78 is 5.98. The van der Waals surface area contributed by atoms with Crippen LogP contribution in [0.25, 0.3) is 0 Å². The van der Waals surface area contributed by atoms with Crippen LogP contribution in [0.15, 0.2) is 12.1 Å². The number of methoxy groups -OCH3 is 1. The molecular formula is C11H14ClNO2S. The van der Waals surface area contributed by atoms with Gasteiger partial charge in [-0.2, -0.15) is 0 Å². The number of thiophene rings is 1. The van der Waals surface area contributed by atoms with Gasteiger partial charge in [0.2, 0.25) is 0 Å². The molecule has 1 fully saturated rings. The monoisotopic (exact) mass is 259 g/mol. The molecule has 2 heterocycles. The number of halogens is 1. The Bertz CT molecular complexity index is 380. The third kappa shape index (κ3) is 2.63. The molecule has 0 radical (unpaired) electrons. The van der Waals surface area contributed by atoms with Crippen LogP contribution in [-0.4, -0.2) is 37.1 Å². The highest BCUT2D eigenvalue weighted by Crippen LogP contribution is 2.23. The van der Waals surface area contributed by atoms with E-state index in [0.29, 0.717) is 10.9 Å². The van der Waals surface area contributed by atoms with Gasteiger partial charge in [-0.3, -0.25) is 9.69 Å². The average Bonchev–Trinajstić information content (AvgIpc) is 2.86. The third-order valence-corrected chi connectivity index (χ3v) is 4.04. The van der Waals surface area contributed by atoms with Gasteiger partial charge in [0.05, 0.1) is 15.8 Å². The molecule has 5 heteroatoms. The van der Waals surface area contributed by atoms with Crippen LogP contribution in [0, 0.1) is 0 Å². The van der Waals surface area contributed by atoms with E-state index in [9.17, 15) is 4.79 Å². The van der Waals surface area contributed by atoms with Crippen molar-refractivity contribution in [3.8, 4) is 0 Å². The zero-order valence-corrected chi connectivity index (χ0v) is 10.7. The standard InChI is InChI=1S/C11H14ClNO2S/c1-15-11-3-2-6-13(11)7-8(14)9-4-5-10(12)16-9/h4-5,11H,2-3,6-7H2,1H3. The summed E-state index contributed by atoms with van der Waals surface area (Å²) in [5.41, 5.74) is 0. The second kappa shape index (κ2) is 5.27. The SMILES string of the molecule is COC1CCCN1CC(=O)c1ccc(Cl)s1. The highest BCUT2D eigenvalue weighted by Gasteiger charge is 2.26. The van der Waals surface area contributed by atoms with Crippen molar-refractivity contribution in [3.63, 3.8) is 0 Å². The molecule has 0 aromatic carbocycles. The summed E-state index contributed by atoms with van der Waals surface area (Å²) in [5, 5.41) is 0. The summed E-state index contributed by atoms with van der Waals surface area (Å²) >= 11 is 7.14. The van der Waals surface area contributed by atoms with E-state index in [1.165, 1.54) is 11.3 Å². The number of hydrogen-bond donors (Lipinski definition) is 0. The number of ketones is 1. The maximum absolute atomic E-state index is 11.9. The average molecular weight is 260 g/mol. The van der Waals surface area contributed by atoms with Crippen LogP contribution in [0.2, 0.25) is 4.34 Å². The lowest BCUT2D eigenvalue weighted by Gasteiger charge is -2.21. The Hall–Kier alpha value is -0.420. The molecule has 1 atom stereocenters.